The Balaban J connectivity index is 1.85. The predicted molar refractivity (Wildman–Crippen MR) is 79.3 cm³/mol. The van der Waals surface area contributed by atoms with Gasteiger partial charge in [0.2, 0.25) is 0 Å². The third-order valence-electron chi connectivity index (χ3n) is 3.78. The third kappa shape index (κ3) is 2.53. The van der Waals surface area contributed by atoms with Crippen molar-refractivity contribution in [1.82, 2.24) is 10.6 Å². The van der Waals surface area contributed by atoms with Crippen molar-refractivity contribution < 1.29 is 9.21 Å². The quantitative estimate of drug-likeness (QED) is 0.895. The molecule has 1 aliphatic rings. The van der Waals surface area contributed by atoms with E-state index in [1.54, 1.807) is 12.1 Å². The first-order valence-corrected chi connectivity index (χ1v) is 7.23. The average Bonchev–Trinajstić information content (AvgIpc) is 2.77. The fraction of sp³-hybridized carbons (Fsp3) is 0.400. The number of carbonyl (C=O) groups excluding carboxylic acids is 1. The minimum atomic E-state index is -0.137. The average molecular weight is 293 g/mol. The number of furan rings is 1. The van der Waals surface area contributed by atoms with Gasteiger partial charge in [0, 0.05) is 22.0 Å². The lowest BCUT2D eigenvalue weighted by molar-refractivity contribution is 0.0902. The van der Waals surface area contributed by atoms with Gasteiger partial charge in [-0.2, -0.15) is 0 Å². The molecule has 4 nitrogen and oxygen atoms in total. The lowest BCUT2D eigenvalue weighted by Gasteiger charge is -2.23. The Morgan fingerprint density at radius 2 is 2.15 bits per heavy atom. The van der Waals surface area contributed by atoms with Crippen LogP contribution in [0.2, 0.25) is 5.02 Å². The first-order valence-electron chi connectivity index (χ1n) is 6.85. The molecular formula is C15H17ClN2O2. The van der Waals surface area contributed by atoms with E-state index in [4.69, 9.17) is 16.0 Å². The van der Waals surface area contributed by atoms with E-state index in [-0.39, 0.29) is 11.9 Å². The molecule has 1 saturated heterocycles. The Kier molecular flexibility index (Phi) is 3.68. The second kappa shape index (κ2) is 5.46. The number of benzene rings is 1. The molecule has 1 aromatic carbocycles. The van der Waals surface area contributed by atoms with E-state index >= 15 is 0 Å². The summed E-state index contributed by atoms with van der Waals surface area (Å²) in [5.41, 5.74) is 1.54. The summed E-state index contributed by atoms with van der Waals surface area (Å²) < 4.78 is 5.67. The second-order valence-electron chi connectivity index (χ2n) is 5.19. The molecule has 0 atom stereocenters. The van der Waals surface area contributed by atoms with Gasteiger partial charge in [0.25, 0.3) is 5.91 Å². The number of halogens is 1. The SMILES string of the molecule is Cc1c(C(=O)NC2CCNCC2)oc2ccc(Cl)cc12. The number of fused-ring (bicyclic) bond motifs is 1. The molecular weight excluding hydrogens is 276 g/mol. The van der Waals surface area contributed by atoms with Crippen molar-refractivity contribution in [3.05, 3.63) is 34.5 Å². The fourth-order valence-corrected chi connectivity index (χ4v) is 2.80. The molecule has 0 radical (unpaired) electrons. The van der Waals surface area contributed by atoms with Gasteiger partial charge in [-0.05, 0) is 51.1 Å². The van der Waals surface area contributed by atoms with Crippen LogP contribution in [-0.4, -0.2) is 25.0 Å². The normalized spacial score (nSPS) is 16.5. The van der Waals surface area contributed by atoms with Crippen LogP contribution in [0, 0.1) is 6.92 Å². The standard InChI is InChI=1S/C15H17ClN2O2/c1-9-12-8-10(16)2-3-13(12)20-14(9)15(19)18-11-4-6-17-7-5-11/h2-3,8,11,17H,4-7H2,1H3,(H,18,19). The van der Waals surface area contributed by atoms with Gasteiger partial charge >= 0.3 is 0 Å². The van der Waals surface area contributed by atoms with Crippen LogP contribution in [0.15, 0.2) is 22.6 Å². The highest BCUT2D eigenvalue weighted by Gasteiger charge is 2.21. The number of carbonyl (C=O) groups is 1. The zero-order chi connectivity index (χ0) is 14.1. The number of nitrogens with one attached hydrogen (secondary N) is 2. The number of hydrogen-bond donors (Lipinski definition) is 2. The number of aryl methyl sites for hydroxylation is 1. The summed E-state index contributed by atoms with van der Waals surface area (Å²) in [6.07, 6.45) is 1.91. The maximum Gasteiger partial charge on any atom is 0.287 e. The van der Waals surface area contributed by atoms with Crippen LogP contribution in [0.1, 0.15) is 29.0 Å². The molecule has 2 heterocycles. The van der Waals surface area contributed by atoms with Gasteiger partial charge in [0.1, 0.15) is 5.58 Å². The first kappa shape index (κ1) is 13.5. The van der Waals surface area contributed by atoms with E-state index < -0.39 is 0 Å². The monoisotopic (exact) mass is 292 g/mol. The van der Waals surface area contributed by atoms with Crippen molar-refractivity contribution in [3.63, 3.8) is 0 Å². The fourth-order valence-electron chi connectivity index (χ4n) is 2.63. The Bertz CT molecular complexity index is 645. The number of amides is 1. The third-order valence-corrected chi connectivity index (χ3v) is 4.01. The molecule has 0 unspecified atom stereocenters. The van der Waals surface area contributed by atoms with E-state index in [0.29, 0.717) is 16.4 Å². The molecule has 2 aromatic rings. The van der Waals surface area contributed by atoms with Crippen molar-refractivity contribution >= 4 is 28.5 Å². The molecule has 0 bridgehead atoms. The lowest BCUT2D eigenvalue weighted by Crippen LogP contribution is -2.42. The second-order valence-corrected chi connectivity index (χ2v) is 5.63. The van der Waals surface area contributed by atoms with Crippen LogP contribution in [0.4, 0.5) is 0 Å². The van der Waals surface area contributed by atoms with Crippen molar-refractivity contribution in [2.75, 3.05) is 13.1 Å². The van der Waals surface area contributed by atoms with Crippen molar-refractivity contribution in [1.29, 1.82) is 0 Å². The minimum absolute atomic E-state index is 0.137. The van der Waals surface area contributed by atoms with Gasteiger partial charge < -0.3 is 15.1 Å². The summed E-state index contributed by atoms with van der Waals surface area (Å²) in [7, 11) is 0. The maximum atomic E-state index is 12.3. The molecule has 3 rings (SSSR count). The molecule has 1 aliphatic heterocycles. The lowest BCUT2D eigenvalue weighted by atomic mass is 10.1. The molecule has 2 N–H and O–H groups in total. The smallest absolute Gasteiger partial charge is 0.287 e. The maximum absolute atomic E-state index is 12.3. The van der Waals surface area contributed by atoms with Crippen LogP contribution >= 0.6 is 11.6 Å². The van der Waals surface area contributed by atoms with Crippen molar-refractivity contribution in [2.45, 2.75) is 25.8 Å². The van der Waals surface area contributed by atoms with Gasteiger partial charge in [-0.1, -0.05) is 11.6 Å². The molecule has 0 saturated carbocycles. The van der Waals surface area contributed by atoms with Crippen LogP contribution in [0.5, 0.6) is 0 Å². The van der Waals surface area contributed by atoms with Crippen LogP contribution in [-0.2, 0) is 0 Å². The largest absolute Gasteiger partial charge is 0.451 e. The minimum Gasteiger partial charge on any atom is -0.451 e. The summed E-state index contributed by atoms with van der Waals surface area (Å²) >= 11 is 5.99. The highest BCUT2D eigenvalue weighted by atomic mass is 35.5. The van der Waals surface area contributed by atoms with Crippen LogP contribution in [0.25, 0.3) is 11.0 Å². The Labute approximate surface area is 122 Å². The number of hydrogen-bond acceptors (Lipinski definition) is 3. The van der Waals surface area contributed by atoms with E-state index in [9.17, 15) is 4.79 Å². The van der Waals surface area contributed by atoms with Gasteiger partial charge in [0.05, 0.1) is 0 Å². The van der Waals surface area contributed by atoms with E-state index in [1.165, 1.54) is 0 Å². The highest BCUT2D eigenvalue weighted by Crippen LogP contribution is 2.28. The Hall–Kier alpha value is -1.52. The van der Waals surface area contributed by atoms with Crippen molar-refractivity contribution in [3.8, 4) is 0 Å². The van der Waals surface area contributed by atoms with Crippen LogP contribution < -0.4 is 10.6 Å². The zero-order valence-corrected chi connectivity index (χ0v) is 12.1. The molecule has 0 aliphatic carbocycles. The summed E-state index contributed by atoms with van der Waals surface area (Å²) in [5, 5.41) is 7.86. The molecule has 106 valence electrons. The van der Waals surface area contributed by atoms with Crippen molar-refractivity contribution in [2.24, 2.45) is 0 Å². The van der Waals surface area contributed by atoms with Gasteiger partial charge in [-0.3, -0.25) is 4.79 Å². The molecule has 1 fully saturated rings. The predicted octanol–water partition coefficient (Wildman–Crippen LogP) is 2.88. The molecule has 5 heteroatoms. The number of rotatable bonds is 2. The molecule has 1 aromatic heterocycles. The highest BCUT2D eigenvalue weighted by molar-refractivity contribution is 6.31. The first-order chi connectivity index (χ1) is 9.65. The summed E-state index contributed by atoms with van der Waals surface area (Å²) in [4.78, 5) is 12.3. The number of piperidine rings is 1. The molecule has 1 amide bonds. The van der Waals surface area contributed by atoms with E-state index in [2.05, 4.69) is 10.6 Å². The van der Waals surface area contributed by atoms with Gasteiger partial charge in [-0.25, -0.2) is 0 Å². The Morgan fingerprint density at radius 3 is 2.90 bits per heavy atom. The van der Waals surface area contributed by atoms with E-state index in [0.717, 1.165) is 36.9 Å². The molecule has 0 spiro atoms. The zero-order valence-electron chi connectivity index (χ0n) is 11.3. The summed E-state index contributed by atoms with van der Waals surface area (Å²) in [6.45, 7) is 3.78. The molecule has 20 heavy (non-hydrogen) atoms. The van der Waals surface area contributed by atoms with Gasteiger partial charge in [0.15, 0.2) is 5.76 Å². The summed E-state index contributed by atoms with van der Waals surface area (Å²) in [6, 6.07) is 5.62. The Morgan fingerprint density at radius 1 is 1.40 bits per heavy atom. The van der Waals surface area contributed by atoms with Crippen LogP contribution in [0.3, 0.4) is 0 Å². The topological polar surface area (TPSA) is 54.3 Å². The summed E-state index contributed by atoms with van der Waals surface area (Å²) in [5.74, 6) is 0.252. The van der Waals surface area contributed by atoms with E-state index in [1.807, 2.05) is 13.0 Å². The van der Waals surface area contributed by atoms with Gasteiger partial charge in [-0.15, -0.1) is 0 Å².